The van der Waals surface area contributed by atoms with Crippen molar-refractivity contribution in [2.75, 3.05) is 19.6 Å². The monoisotopic (exact) mass is 274 g/mol. The Labute approximate surface area is 124 Å². The van der Waals surface area contributed by atoms with Gasteiger partial charge in [0.1, 0.15) is 0 Å². The molecule has 0 amide bonds. The fourth-order valence-electron chi connectivity index (χ4n) is 3.16. The fraction of sp³-hybridized carbons (Fsp3) is 0.667. The minimum Gasteiger partial charge on any atom is -0.309 e. The summed E-state index contributed by atoms with van der Waals surface area (Å²) >= 11 is 0. The van der Waals surface area contributed by atoms with Crippen molar-refractivity contribution in [1.29, 1.82) is 0 Å². The third-order valence-corrected chi connectivity index (χ3v) is 4.51. The first-order chi connectivity index (χ1) is 9.70. The molecule has 1 N–H and O–H groups in total. The number of likely N-dealkylation sites (tertiary alicyclic amines) is 1. The number of hydrogen-bond acceptors (Lipinski definition) is 2. The number of piperidine rings is 1. The molecule has 112 valence electrons. The minimum atomic E-state index is 0.462. The smallest absolute Gasteiger partial charge is 0.0449 e. The lowest BCUT2D eigenvalue weighted by Gasteiger charge is -2.39. The molecule has 0 radical (unpaired) electrons. The summed E-state index contributed by atoms with van der Waals surface area (Å²) in [6.45, 7) is 10.5. The van der Waals surface area contributed by atoms with Crippen LogP contribution in [0.25, 0.3) is 0 Å². The summed E-state index contributed by atoms with van der Waals surface area (Å²) in [5.74, 6) is 0.841. The lowest BCUT2D eigenvalue weighted by atomic mass is 9.94. The van der Waals surface area contributed by atoms with E-state index >= 15 is 0 Å². The Bertz CT molecular complexity index is 376. The maximum Gasteiger partial charge on any atom is 0.0449 e. The second-order valence-corrected chi connectivity index (χ2v) is 6.40. The molecule has 0 bridgehead atoms. The molecule has 0 aromatic heterocycles. The number of nitrogens with zero attached hydrogens (tertiary/aromatic N) is 1. The van der Waals surface area contributed by atoms with Crippen molar-refractivity contribution in [2.24, 2.45) is 5.92 Å². The highest BCUT2D eigenvalue weighted by Gasteiger charge is 2.25. The fourth-order valence-corrected chi connectivity index (χ4v) is 3.16. The molecule has 1 aromatic rings. The van der Waals surface area contributed by atoms with E-state index in [-0.39, 0.29) is 0 Å². The standard InChI is InChI=1S/C18H30N2/c1-4-12-19-18(17-8-6-5-7-9-17)14-20-13-15(2)10-11-16(20)3/h5-9,15-16,18-19H,4,10-14H2,1-3H3. The van der Waals surface area contributed by atoms with E-state index in [4.69, 9.17) is 0 Å². The minimum absolute atomic E-state index is 0.462. The first-order valence-corrected chi connectivity index (χ1v) is 8.23. The van der Waals surface area contributed by atoms with Gasteiger partial charge < -0.3 is 5.32 Å². The average Bonchev–Trinajstić information content (AvgIpc) is 2.48. The predicted octanol–water partition coefficient (Wildman–Crippen LogP) is 3.85. The number of nitrogens with one attached hydrogen (secondary N) is 1. The van der Waals surface area contributed by atoms with Gasteiger partial charge >= 0.3 is 0 Å². The summed E-state index contributed by atoms with van der Waals surface area (Å²) < 4.78 is 0. The zero-order chi connectivity index (χ0) is 14.4. The van der Waals surface area contributed by atoms with Crippen molar-refractivity contribution in [1.82, 2.24) is 10.2 Å². The molecule has 0 spiro atoms. The highest BCUT2D eigenvalue weighted by molar-refractivity contribution is 5.19. The maximum absolute atomic E-state index is 3.73. The molecule has 2 nitrogen and oxygen atoms in total. The molecule has 3 unspecified atom stereocenters. The molecule has 0 aliphatic carbocycles. The molecule has 20 heavy (non-hydrogen) atoms. The predicted molar refractivity (Wildman–Crippen MR) is 86.9 cm³/mol. The quantitative estimate of drug-likeness (QED) is 0.847. The lowest BCUT2D eigenvalue weighted by molar-refractivity contribution is 0.112. The van der Waals surface area contributed by atoms with Crippen LogP contribution in [0, 0.1) is 5.92 Å². The Hall–Kier alpha value is -0.860. The molecule has 3 atom stereocenters. The molecule has 1 fully saturated rings. The summed E-state index contributed by atoms with van der Waals surface area (Å²) in [4.78, 5) is 2.68. The summed E-state index contributed by atoms with van der Waals surface area (Å²) in [6.07, 6.45) is 3.92. The molecular formula is C18H30N2. The number of hydrogen-bond donors (Lipinski definition) is 1. The number of rotatable bonds is 6. The lowest BCUT2D eigenvalue weighted by Crippen LogP contribution is -2.45. The average molecular weight is 274 g/mol. The van der Waals surface area contributed by atoms with Crippen molar-refractivity contribution in [3.05, 3.63) is 35.9 Å². The highest BCUT2D eigenvalue weighted by Crippen LogP contribution is 2.24. The molecule has 1 aliphatic heterocycles. The van der Waals surface area contributed by atoms with Gasteiger partial charge in [-0.2, -0.15) is 0 Å². The van der Waals surface area contributed by atoms with E-state index < -0.39 is 0 Å². The molecule has 0 saturated carbocycles. The molecule has 1 aliphatic rings. The van der Waals surface area contributed by atoms with Crippen molar-refractivity contribution in [3.8, 4) is 0 Å². The second kappa shape index (κ2) is 7.80. The van der Waals surface area contributed by atoms with Gasteiger partial charge in [-0.1, -0.05) is 44.2 Å². The van der Waals surface area contributed by atoms with E-state index in [0.29, 0.717) is 6.04 Å². The third kappa shape index (κ3) is 4.32. The van der Waals surface area contributed by atoms with Crippen molar-refractivity contribution < 1.29 is 0 Å². The van der Waals surface area contributed by atoms with Gasteiger partial charge in [-0.3, -0.25) is 4.90 Å². The van der Waals surface area contributed by atoms with Crippen LogP contribution in [0.3, 0.4) is 0 Å². The Morgan fingerprint density at radius 3 is 2.65 bits per heavy atom. The Balaban J connectivity index is 2.03. The summed E-state index contributed by atoms with van der Waals surface area (Å²) in [5, 5.41) is 3.73. The van der Waals surface area contributed by atoms with Crippen LogP contribution in [-0.2, 0) is 0 Å². The Morgan fingerprint density at radius 1 is 1.20 bits per heavy atom. The van der Waals surface area contributed by atoms with Gasteiger partial charge in [-0.05, 0) is 44.2 Å². The van der Waals surface area contributed by atoms with Crippen LogP contribution in [0.1, 0.15) is 51.6 Å². The van der Waals surface area contributed by atoms with Gasteiger partial charge in [0, 0.05) is 25.2 Å². The first kappa shape index (κ1) is 15.5. The number of benzene rings is 1. The summed E-state index contributed by atoms with van der Waals surface area (Å²) in [5.41, 5.74) is 1.42. The molecule has 1 saturated heterocycles. The first-order valence-electron chi connectivity index (χ1n) is 8.23. The van der Waals surface area contributed by atoms with Crippen molar-refractivity contribution >= 4 is 0 Å². The molecule has 1 aromatic carbocycles. The van der Waals surface area contributed by atoms with Crippen LogP contribution >= 0.6 is 0 Å². The van der Waals surface area contributed by atoms with Gasteiger partial charge in [0.2, 0.25) is 0 Å². The van der Waals surface area contributed by atoms with Gasteiger partial charge in [-0.25, -0.2) is 0 Å². The van der Waals surface area contributed by atoms with Gasteiger partial charge in [0.25, 0.3) is 0 Å². The van der Waals surface area contributed by atoms with Crippen LogP contribution in [0.4, 0.5) is 0 Å². The van der Waals surface area contributed by atoms with E-state index in [2.05, 4.69) is 61.3 Å². The van der Waals surface area contributed by atoms with Gasteiger partial charge in [-0.15, -0.1) is 0 Å². The van der Waals surface area contributed by atoms with Crippen molar-refractivity contribution in [3.63, 3.8) is 0 Å². The van der Waals surface area contributed by atoms with Crippen LogP contribution in [0.15, 0.2) is 30.3 Å². The highest BCUT2D eigenvalue weighted by atomic mass is 15.2. The largest absolute Gasteiger partial charge is 0.309 e. The van der Waals surface area contributed by atoms with E-state index in [1.54, 1.807) is 0 Å². The maximum atomic E-state index is 3.73. The normalized spacial score (nSPS) is 25.6. The molecule has 2 rings (SSSR count). The van der Waals surface area contributed by atoms with E-state index in [1.807, 2.05) is 0 Å². The van der Waals surface area contributed by atoms with Crippen LogP contribution < -0.4 is 5.32 Å². The third-order valence-electron chi connectivity index (χ3n) is 4.51. The van der Waals surface area contributed by atoms with E-state index in [9.17, 15) is 0 Å². The SMILES string of the molecule is CCCNC(CN1CC(C)CCC1C)c1ccccc1. The molecular weight excluding hydrogens is 244 g/mol. The van der Waals surface area contributed by atoms with Crippen LogP contribution in [0.5, 0.6) is 0 Å². The zero-order valence-electron chi connectivity index (χ0n) is 13.3. The Morgan fingerprint density at radius 2 is 1.95 bits per heavy atom. The topological polar surface area (TPSA) is 15.3 Å². The zero-order valence-corrected chi connectivity index (χ0v) is 13.3. The second-order valence-electron chi connectivity index (χ2n) is 6.40. The van der Waals surface area contributed by atoms with Crippen molar-refractivity contribution in [2.45, 2.75) is 52.1 Å². The Kier molecular flexibility index (Phi) is 6.06. The van der Waals surface area contributed by atoms with E-state index in [1.165, 1.54) is 31.4 Å². The summed E-state index contributed by atoms with van der Waals surface area (Å²) in [7, 11) is 0. The molecule has 1 heterocycles. The van der Waals surface area contributed by atoms with Crippen LogP contribution in [-0.4, -0.2) is 30.6 Å². The van der Waals surface area contributed by atoms with Gasteiger partial charge in [0.15, 0.2) is 0 Å². The van der Waals surface area contributed by atoms with Gasteiger partial charge in [0.05, 0.1) is 0 Å². The van der Waals surface area contributed by atoms with E-state index in [0.717, 1.165) is 25.0 Å². The van der Waals surface area contributed by atoms with Crippen LogP contribution in [0.2, 0.25) is 0 Å². The summed E-state index contributed by atoms with van der Waals surface area (Å²) in [6, 6.07) is 12.1. The molecule has 2 heteroatoms.